The van der Waals surface area contributed by atoms with Crippen LogP contribution in [-0.4, -0.2) is 0 Å². The van der Waals surface area contributed by atoms with E-state index in [4.69, 9.17) is 0 Å². The monoisotopic (exact) mass is 328 g/mol. The number of hydrogen-bond donors (Lipinski definition) is 0. The molecule has 0 atom stereocenters. The molecule has 3 rings (SSSR count). The van der Waals surface area contributed by atoms with E-state index in [1.807, 2.05) is 0 Å². The Morgan fingerprint density at radius 2 is 1.65 bits per heavy atom. The van der Waals surface area contributed by atoms with Crippen LogP contribution in [-0.2, 0) is 25.7 Å². The van der Waals surface area contributed by atoms with Gasteiger partial charge in [0, 0.05) is 4.47 Å². The van der Waals surface area contributed by atoms with Crippen LogP contribution in [0, 0.1) is 0 Å². The van der Waals surface area contributed by atoms with Gasteiger partial charge in [0.25, 0.3) is 0 Å². The highest BCUT2D eigenvalue weighted by Crippen LogP contribution is 2.29. The summed E-state index contributed by atoms with van der Waals surface area (Å²) < 4.78 is 1.23. The third-order valence-electron chi connectivity index (χ3n) is 4.35. The fourth-order valence-corrected chi connectivity index (χ4v) is 3.74. The Balaban J connectivity index is 1.91. The summed E-state index contributed by atoms with van der Waals surface area (Å²) in [6.07, 6.45) is 7.37. The molecule has 20 heavy (non-hydrogen) atoms. The Morgan fingerprint density at radius 3 is 2.40 bits per heavy atom. The van der Waals surface area contributed by atoms with Gasteiger partial charge in [-0.25, -0.2) is 0 Å². The van der Waals surface area contributed by atoms with Gasteiger partial charge in [-0.2, -0.15) is 0 Å². The summed E-state index contributed by atoms with van der Waals surface area (Å²) in [5.41, 5.74) is 7.53. The third kappa shape index (κ3) is 2.98. The van der Waals surface area contributed by atoms with Crippen LogP contribution in [0.1, 0.15) is 47.6 Å². The van der Waals surface area contributed by atoms with Gasteiger partial charge in [0.2, 0.25) is 0 Å². The van der Waals surface area contributed by atoms with Crippen LogP contribution in [0.25, 0.3) is 0 Å². The van der Waals surface area contributed by atoms with Gasteiger partial charge in [-0.1, -0.05) is 47.1 Å². The second kappa shape index (κ2) is 6.13. The summed E-state index contributed by atoms with van der Waals surface area (Å²) in [6.45, 7) is 2.21. The Bertz CT molecular complexity index is 596. The zero-order valence-electron chi connectivity index (χ0n) is 12.1. The number of halogens is 1. The van der Waals surface area contributed by atoms with E-state index < -0.39 is 0 Å². The molecule has 0 heterocycles. The van der Waals surface area contributed by atoms with Crippen molar-refractivity contribution in [1.82, 2.24) is 0 Å². The fourth-order valence-electron chi connectivity index (χ4n) is 3.19. The first-order valence-electron chi connectivity index (χ1n) is 7.64. The molecule has 1 aliphatic rings. The summed E-state index contributed by atoms with van der Waals surface area (Å²) >= 11 is 3.68. The highest BCUT2D eigenvalue weighted by Gasteiger charge is 2.14. The van der Waals surface area contributed by atoms with E-state index in [9.17, 15) is 0 Å². The Kier molecular flexibility index (Phi) is 4.26. The molecule has 0 saturated heterocycles. The lowest BCUT2D eigenvalue weighted by Gasteiger charge is -2.20. The minimum atomic E-state index is 1.06. The average molecular weight is 329 g/mol. The van der Waals surface area contributed by atoms with E-state index in [2.05, 4.69) is 59.3 Å². The highest BCUT2D eigenvalue weighted by molar-refractivity contribution is 9.10. The molecule has 0 aliphatic heterocycles. The fraction of sp³-hybridized carbons (Fsp3) is 0.368. The molecule has 0 unspecified atom stereocenters. The number of rotatable bonds is 3. The molecule has 2 aromatic carbocycles. The normalized spacial score (nSPS) is 14.1. The molecule has 0 bridgehead atoms. The molecule has 0 fully saturated rings. The second-order valence-corrected chi connectivity index (χ2v) is 6.67. The van der Waals surface area contributed by atoms with Gasteiger partial charge in [0.1, 0.15) is 0 Å². The molecule has 0 amide bonds. The molecular formula is C19H21Br. The van der Waals surface area contributed by atoms with Crippen LogP contribution in [0.2, 0.25) is 0 Å². The van der Waals surface area contributed by atoms with Crippen LogP contribution in [0.3, 0.4) is 0 Å². The first-order chi connectivity index (χ1) is 9.76. The predicted molar refractivity (Wildman–Crippen MR) is 89.4 cm³/mol. The minimum absolute atomic E-state index is 1.06. The summed E-state index contributed by atoms with van der Waals surface area (Å²) in [5.74, 6) is 0. The van der Waals surface area contributed by atoms with Crippen molar-refractivity contribution in [3.8, 4) is 0 Å². The predicted octanol–water partition coefficient (Wildman–Crippen LogP) is 5.48. The quantitative estimate of drug-likeness (QED) is 0.699. The van der Waals surface area contributed by atoms with Crippen LogP contribution in [0.15, 0.2) is 40.9 Å². The van der Waals surface area contributed by atoms with Gasteiger partial charge in [-0.05, 0) is 78.5 Å². The lowest BCUT2D eigenvalue weighted by atomic mass is 9.86. The van der Waals surface area contributed by atoms with Crippen LogP contribution < -0.4 is 0 Å². The smallest absolute Gasteiger partial charge is 0.0181 e. The molecule has 0 nitrogen and oxygen atoms in total. The topological polar surface area (TPSA) is 0 Å². The molecule has 1 heteroatoms. The van der Waals surface area contributed by atoms with E-state index >= 15 is 0 Å². The van der Waals surface area contributed by atoms with E-state index in [0.29, 0.717) is 0 Å². The number of benzene rings is 2. The molecule has 2 aromatic rings. The van der Waals surface area contributed by atoms with Gasteiger partial charge in [-0.3, -0.25) is 0 Å². The maximum Gasteiger partial charge on any atom is 0.0181 e. The molecule has 104 valence electrons. The maximum atomic E-state index is 3.68. The van der Waals surface area contributed by atoms with Crippen molar-refractivity contribution in [3.05, 3.63) is 68.7 Å². The minimum Gasteiger partial charge on any atom is -0.0613 e. The van der Waals surface area contributed by atoms with Crippen LogP contribution >= 0.6 is 15.9 Å². The van der Waals surface area contributed by atoms with Crippen molar-refractivity contribution in [2.24, 2.45) is 0 Å². The summed E-state index contributed by atoms with van der Waals surface area (Å²) in [6, 6.07) is 13.7. The van der Waals surface area contributed by atoms with Crippen LogP contribution in [0.5, 0.6) is 0 Å². The van der Waals surface area contributed by atoms with E-state index in [1.165, 1.54) is 46.8 Å². The van der Waals surface area contributed by atoms with Gasteiger partial charge in [-0.15, -0.1) is 0 Å². The van der Waals surface area contributed by atoms with Crippen molar-refractivity contribution in [3.63, 3.8) is 0 Å². The van der Waals surface area contributed by atoms with Crippen molar-refractivity contribution in [2.75, 3.05) is 0 Å². The number of hydrogen-bond acceptors (Lipinski definition) is 0. The Morgan fingerprint density at radius 1 is 0.950 bits per heavy atom. The van der Waals surface area contributed by atoms with Crippen molar-refractivity contribution in [2.45, 2.75) is 45.4 Å². The average Bonchev–Trinajstić information content (AvgIpc) is 2.48. The molecular weight excluding hydrogens is 308 g/mol. The molecule has 0 aromatic heterocycles. The van der Waals surface area contributed by atoms with Gasteiger partial charge >= 0.3 is 0 Å². The molecule has 0 radical (unpaired) electrons. The lowest BCUT2D eigenvalue weighted by molar-refractivity contribution is 0.679. The zero-order valence-corrected chi connectivity index (χ0v) is 13.7. The number of fused-ring (bicyclic) bond motifs is 1. The summed E-state index contributed by atoms with van der Waals surface area (Å²) in [5, 5.41) is 0. The second-order valence-electron chi connectivity index (χ2n) is 5.76. The van der Waals surface area contributed by atoms with Crippen molar-refractivity contribution in [1.29, 1.82) is 0 Å². The standard InChI is InChI=1S/C19H21Br/c1-2-14-7-9-15(10-8-14)11-17-13-18(20)12-16-5-3-4-6-19(16)17/h7-10,12-13H,2-6,11H2,1H3. The summed E-state index contributed by atoms with van der Waals surface area (Å²) in [7, 11) is 0. The molecule has 0 N–H and O–H groups in total. The van der Waals surface area contributed by atoms with Gasteiger partial charge in [0.15, 0.2) is 0 Å². The molecule has 0 spiro atoms. The molecule has 0 saturated carbocycles. The molecule has 1 aliphatic carbocycles. The largest absolute Gasteiger partial charge is 0.0613 e. The van der Waals surface area contributed by atoms with Crippen molar-refractivity contribution >= 4 is 15.9 Å². The maximum absolute atomic E-state index is 3.68. The Labute approximate surface area is 130 Å². The third-order valence-corrected chi connectivity index (χ3v) is 4.81. The summed E-state index contributed by atoms with van der Waals surface area (Å²) in [4.78, 5) is 0. The van der Waals surface area contributed by atoms with Gasteiger partial charge < -0.3 is 0 Å². The first kappa shape index (κ1) is 13.9. The van der Waals surface area contributed by atoms with E-state index in [0.717, 1.165) is 12.8 Å². The zero-order chi connectivity index (χ0) is 13.9. The highest BCUT2D eigenvalue weighted by atomic mass is 79.9. The van der Waals surface area contributed by atoms with E-state index in [1.54, 1.807) is 11.1 Å². The van der Waals surface area contributed by atoms with Crippen LogP contribution in [0.4, 0.5) is 0 Å². The lowest BCUT2D eigenvalue weighted by Crippen LogP contribution is -2.07. The van der Waals surface area contributed by atoms with Gasteiger partial charge in [0.05, 0.1) is 0 Å². The Hall–Kier alpha value is -1.08. The van der Waals surface area contributed by atoms with Crippen molar-refractivity contribution < 1.29 is 0 Å². The van der Waals surface area contributed by atoms with E-state index in [-0.39, 0.29) is 0 Å². The first-order valence-corrected chi connectivity index (χ1v) is 8.43. The number of aryl methyl sites for hydroxylation is 2. The SMILES string of the molecule is CCc1ccc(Cc2cc(Br)cc3c2CCCC3)cc1.